The molecule has 1 heterocycles. The average Bonchev–Trinajstić information content (AvgIpc) is 2.68. The second kappa shape index (κ2) is 5.53. The van der Waals surface area contributed by atoms with Crippen molar-refractivity contribution in [2.24, 2.45) is 0 Å². The number of methoxy groups -OCH3 is 1. The zero-order valence-corrected chi connectivity index (χ0v) is 10.2. The summed E-state index contributed by atoms with van der Waals surface area (Å²) in [4.78, 5) is 24.0. The molecule has 0 aromatic heterocycles. The number of para-hydroxylation sites is 2. The standard InChI is InChI=1S/C13H15NO4/c1-17-11-4-2-3-5-12(11)18-7-6-14-9-10(15)8-13(14)16/h2-5H,6-9H2,1H3. The van der Waals surface area contributed by atoms with Gasteiger partial charge in [-0.2, -0.15) is 0 Å². The molecule has 5 heteroatoms. The normalized spacial score (nSPS) is 15.1. The highest BCUT2D eigenvalue weighted by Crippen LogP contribution is 2.25. The number of hydrogen-bond acceptors (Lipinski definition) is 4. The third kappa shape index (κ3) is 2.80. The second-order valence-corrected chi connectivity index (χ2v) is 4.03. The van der Waals surface area contributed by atoms with Crippen LogP contribution in [-0.2, 0) is 9.59 Å². The molecule has 96 valence electrons. The lowest BCUT2D eigenvalue weighted by Crippen LogP contribution is -2.29. The van der Waals surface area contributed by atoms with Gasteiger partial charge in [0.1, 0.15) is 6.61 Å². The third-order valence-electron chi connectivity index (χ3n) is 2.76. The number of amides is 1. The summed E-state index contributed by atoms with van der Waals surface area (Å²) in [7, 11) is 1.57. The third-order valence-corrected chi connectivity index (χ3v) is 2.76. The van der Waals surface area contributed by atoms with Gasteiger partial charge in [0.05, 0.1) is 26.6 Å². The fourth-order valence-electron chi connectivity index (χ4n) is 1.85. The van der Waals surface area contributed by atoms with Crippen molar-refractivity contribution in [2.45, 2.75) is 6.42 Å². The number of benzene rings is 1. The van der Waals surface area contributed by atoms with E-state index in [9.17, 15) is 9.59 Å². The van der Waals surface area contributed by atoms with Crippen molar-refractivity contribution in [3.05, 3.63) is 24.3 Å². The zero-order chi connectivity index (χ0) is 13.0. The number of ether oxygens (including phenoxy) is 2. The highest BCUT2D eigenvalue weighted by molar-refractivity contribution is 6.05. The van der Waals surface area contributed by atoms with Crippen LogP contribution in [0.2, 0.25) is 0 Å². The highest BCUT2D eigenvalue weighted by atomic mass is 16.5. The van der Waals surface area contributed by atoms with Crippen LogP contribution in [0.25, 0.3) is 0 Å². The van der Waals surface area contributed by atoms with Gasteiger partial charge in [-0.25, -0.2) is 0 Å². The Balaban J connectivity index is 1.85. The van der Waals surface area contributed by atoms with Crippen molar-refractivity contribution in [2.75, 3.05) is 26.8 Å². The van der Waals surface area contributed by atoms with Gasteiger partial charge >= 0.3 is 0 Å². The smallest absolute Gasteiger partial charge is 0.230 e. The zero-order valence-electron chi connectivity index (χ0n) is 10.2. The summed E-state index contributed by atoms with van der Waals surface area (Å²) in [5, 5.41) is 0. The molecule has 1 fully saturated rings. The molecular formula is C13H15NO4. The molecule has 18 heavy (non-hydrogen) atoms. The molecule has 0 radical (unpaired) electrons. The molecule has 1 amide bonds. The van der Waals surface area contributed by atoms with E-state index < -0.39 is 0 Å². The quantitative estimate of drug-likeness (QED) is 0.727. The minimum Gasteiger partial charge on any atom is -0.493 e. The van der Waals surface area contributed by atoms with Crippen LogP contribution in [0.5, 0.6) is 11.5 Å². The Kier molecular flexibility index (Phi) is 3.82. The maximum Gasteiger partial charge on any atom is 0.230 e. The predicted molar refractivity (Wildman–Crippen MR) is 64.7 cm³/mol. The Morgan fingerprint density at radius 2 is 1.94 bits per heavy atom. The van der Waals surface area contributed by atoms with Crippen molar-refractivity contribution in [3.8, 4) is 11.5 Å². The van der Waals surface area contributed by atoms with E-state index in [1.165, 1.54) is 4.90 Å². The summed E-state index contributed by atoms with van der Waals surface area (Å²) < 4.78 is 10.7. The lowest BCUT2D eigenvalue weighted by Gasteiger charge is -2.15. The van der Waals surface area contributed by atoms with Crippen LogP contribution < -0.4 is 9.47 Å². The summed E-state index contributed by atoms with van der Waals surface area (Å²) in [5.74, 6) is 1.14. The van der Waals surface area contributed by atoms with E-state index in [-0.39, 0.29) is 24.7 Å². The van der Waals surface area contributed by atoms with E-state index in [0.29, 0.717) is 24.7 Å². The van der Waals surface area contributed by atoms with Gasteiger partial charge in [0, 0.05) is 0 Å². The van der Waals surface area contributed by atoms with Crippen molar-refractivity contribution in [3.63, 3.8) is 0 Å². The molecule has 0 aliphatic carbocycles. The number of ketones is 1. The van der Waals surface area contributed by atoms with Gasteiger partial charge in [0.25, 0.3) is 0 Å². The molecule has 0 unspecified atom stereocenters. The van der Waals surface area contributed by atoms with E-state index in [4.69, 9.17) is 9.47 Å². The lowest BCUT2D eigenvalue weighted by atomic mass is 10.3. The van der Waals surface area contributed by atoms with Crippen molar-refractivity contribution in [1.29, 1.82) is 0 Å². The van der Waals surface area contributed by atoms with Gasteiger partial charge in [0.2, 0.25) is 5.91 Å². The molecule has 0 bridgehead atoms. The summed E-state index contributed by atoms with van der Waals surface area (Å²) in [6.45, 7) is 0.968. The molecule has 5 nitrogen and oxygen atoms in total. The molecule has 0 atom stereocenters. The number of hydrogen-bond donors (Lipinski definition) is 0. The van der Waals surface area contributed by atoms with E-state index in [0.717, 1.165) is 0 Å². The summed E-state index contributed by atoms with van der Waals surface area (Å²) in [6, 6.07) is 7.31. The van der Waals surface area contributed by atoms with Crippen LogP contribution in [0.4, 0.5) is 0 Å². The fourth-order valence-corrected chi connectivity index (χ4v) is 1.85. The van der Waals surface area contributed by atoms with Crippen molar-refractivity contribution in [1.82, 2.24) is 4.90 Å². The number of likely N-dealkylation sites (tertiary alicyclic amines) is 1. The number of nitrogens with zero attached hydrogens (tertiary/aromatic N) is 1. The fraction of sp³-hybridized carbons (Fsp3) is 0.385. The lowest BCUT2D eigenvalue weighted by molar-refractivity contribution is -0.128. The van der Waals surface area contributed by atoms with E-state index in [1.54, 1.807) is 19.2 Å². The van der Waals surface area contributed by atoms with Crippen LogP contribution >= 0.6 is 0 Å². The van der Waals surface area contributed by atoms with Gasteiger partial charge in [0.15, 0.2) is 17.3 Å². The van der Waals surface area contributed by atoms with Crippen LogP contribution in [-0.4, -0.2) is 43.4 Å². The van der Waals surface area contributed by atoms with E-state index in [1.807, 2.05) is 12.1 Å². The minimum absolute atomic E-state index is 0.0225. The molecule has 1 aromatic rings. The molecule has 0 spiro atoms. The van der Waals surface area contributed by atoms with Gasteiger partial charge in [-0.3, -0.25) is 9.59 Å². The molecule has 1 aliphatic rings. The Morgan fingerprint density at radius 3 is 2.56 bits per heavy atom. The Hall–Kier alpha value is -2.04. The first kappa shape index (κ1) is 12.4. The summed E-state index contributed by atoms with van der Waals surface area (Å²) in [5.41, 5.74) is 0. The number of rotatable bonds is 5. The summed E-state index contributed by atoms with van der Waals surface area (Å²) >= 11 is 0. The maximum atomic E-state index is 11.4. The van der Waals surface area contributed by atoms with Crippen LogP contribution in [0, 0.1) is 0 Å². The largest absolute Gasteiger partial charge is 0.493 e. The Morgan fingerprint density at radius 1 is 1.22 bits per heavy atom. The number of carbonyl (C=O) groups excluding carboxylic acids is 2. The number of Topliss-reactive ketones (excluding diaryl/α,β-unsaturated/α-hetero) is 1. The molecule has 1 saturated heterocycles. The highest BCUT2D eigenvalue weighted by Gasteiger charge is 2.26. The van der Waals surface area contributed by atoms with Gasteiger partial charge in [-0.1, -0.05) is 12.1 Å². The van der Waals surface area contributed by atoms with E-state index >= 15 is 0 Å². The van der Waals surface area contributed by atoms with Crippen LogP contribution in [0.3, 0.4) is 0 Å². The molecule has 0 N–H and O–H groups in total. The molecule has 1 aliphatic heterocycles. The first-order valence-corrected chi connectivity index (χ1v) is 5.76. The topological polar surface area (TPSA) is 55.8 Å². The van der Waals surface area contributed by atoms with Gasteiger partial charge in [-0.15, -0.1) is 0 Å². The monoisotopic (exact) mass is 249 g/mol. The van der Waals surface area contributed by atoms with Gasteiger partial charge in [-0.05, 0) is 12.1 Å². The first-order chi connectivity index (χ1) is 8.70. The second-order valence-electron chi connectivity index (χ2n) is 4.03. The molecule has 0 saturated carbocycles. The van der Waals surface area contributed by atoms with Crippen molar-refractivity contribution >= 4 is 11.7 Å². The number of carbonyl (C=O) groups is 2. The summed E-state index contributed by atoms with van der Waals surface area (Å²) in [6.07, 6.45) is 0.0225. The van der Waals surface area contributed by atoms with Crippen LogP contribution in [0.1, 0.15) is 6.42 Å². The van der Waals surface area contributed by atoms with Crippen molar-refractivity contribution < 1.29 is 19.1 Å². The maximum absolute atomic E-state index is 11.4. The molecular weight excluding hydrogens is 234 g/mol. The minimum atomic E-state index is -0.122. The molecule has 1 aromatic carbocycles. The van der Waals surface area contributed by atoms with Crippen LogP contribution in [0.15, 0.2) is 24.3 Å². The first-order valence-electron chi connectivity index (χ1n) is 5.76. The predicted octanol–water partition coefficient (Wildman–Crippen LogP) is 0.875. The Labute approximate surface area is 105 Å². The van der Waals surface area contributed by atoms with Gasteiger partial charge < -0.3 is 14.4 Å². The van der Waals surface area contributed by atoms with E-state index in [2.05, 4.69) is 0 Å². The molecule has 2 rings (SSSR count). The SMILES string of the molecule is COc1ccccc1OCCN1CC(=O)CC1=O. The Bertz CT molecular complexity index is 458. The average molecular weight is 249 g/mol.